The summed E-state index contributed by atoms with van der Waals surface area (Å²) in [6, 6.07) is 7.33. The zero-order chi connectivity index (χ0) is 11.4. The first-order valence-corrected chi connectivity index (χ1v) is 6.18. The molecule has 1 aromatic rings. The van der Waals surface area contributed by atoms with Crippen LogP contribution in [0.2, 0.25) is 0 Å². The van der Waals surface area contributed by atoms with E-state index < -0.39 is 5.60 Å². The number of phenolic OH excluding ortho intramolecular Hbond substituents is 1. The molecule has 2 heteroatoms. The molecule has 0 spiro atoms. The predicted molar refractivity (Wildman–Crippen MR) is 64.5 cm³/mol. The van der Waals surface area contributed by atoms with Gasteiger partial charge in [-0.25, -0.2) is 0 Å². The van der Waals surface area contributed by atoms with E-state index in [0.717, 1.165) is 44.1 Å². The highest BCUT2D eigenvalue weighted by Crippen LogP contribution is 2.32. The fourth-order valence-corrected chi connectivity index (χ4v) is 2.55. The van der Waals surface area contributed by atoms with Gasteiger partial charge >= 0.3 is 0 Å². The van der Waals surface area contributed by atoms with Crippen LogP contribution in [0.3, 0.4) is 0 Å². The Bertz CT molecular complexity index is 340. The lowest BCUT2D eigenvalue weighted by Crippen LogP contribution is -2.31. The fraction of sp³-hybridized carbons (Fsp3) is 0.571. The molecule has 0 amide bonds. The molecular weight excluding hydrogens is 200 g/mol. The zero-order valence-electron chi connectivity index (χ0n) is 9.65. The third-order valence-corrected chi connectivity index (χ3v) is 3.57. The van der Waals surface area contributed by atoms with E-state index in [-0.39, 0.29) is 0 Å². The zero-order valence-corrected chi connectivity index (χ0v) is 9.65. The molecule has 0 aliphatic heterocycles. The number of rotatable bonds is 3. The highest BCUT2D eigenvalue weighted by molar-refractivity contribution is 5.27. The molecule has 1 aromatic carbocycles. The summed E-state index contributed by atoms with van der Waals surface area (Å²) in [6.45, 7) is 0. The molecule has 2 N–H and O–H groups in total. The van der Waals surface area contributed by atoms with Gasteiger partial charge in [-0.15, -0.1) is 0 Å². The number of benzene rings is 1. The Hall–Kier alpha value is -1.02. The maximum Gasteiger partial charge on any atom is 0.115 e. The molecular formula is C14H20O2. The predicted octanol–water partition coefficient (Wildman–Crippen LogP) is 3.02. The van der Waals surface area contributed by atoms with Crippen LogP contribution < -0.4 is 0 Å². The SMILES string of the molecule is Oc1cccc(CCC2(O)CCCCC2)c1. The molecule has 0 unspecified atom stereocenters. The number of phenols is 1. The third-order valence-electron chi connectivity index (χ3n) is 3.57. The summed E-state index contributed by atoms with van der Waals surface area (Å²) in [5.41, 5.74) is 0.656. The summed E-state index contributed by atoms with van der Waals surface area (Å²) in [7, 11) is 0. The molecule has 0 radical (unpaired) electrons. The first-order chi connectivity index (χ1) is 7.68. The third kappa shape index (κ3) is 2.99. The van der Waals surface area contributed by atoms with Crippen molar-refractivity contribution < 1.29 is 10.2 Å². The standard InChI is InChI=1S/C14H20O2/c15-13-6-4-5-12(11-13)7-10-14(16)8-2-1-3-9-14/h4-6,11,15-16H,1-3,7-10H2. The maximum absolute atomic E-state index is 10.3. The lowest BCUT2D eigenvalue weighted by molar-refractivity contribution is -0.00343. The van der Waals surface area contributed by atoms with Crippen molar-refractivity contribution in [2.75, 3.05) is 0 Å². The van der Waals surface area contributed by atoms with E-state index in [1.807, 2.05) is 12.1 Å². The van der Waals surface area contributed by atoms with Gasteiger partial charge in [0.05, 0.1) is 5.60 Å². The normalized spacial score (nSPS) is 19.6. The minimum absolute atomic E-state index is 0.313. The van der Waals surface area contributed by atoms with E-state index >= 15 is 0 Å². The van der Waals surface area contributed by atoms with Crippen molar-refractivity contribution >= 4 is 0 Å². The highest BCUT2D eigenvalue weighted by atomic mass is 16.3. The Labute approximate surface area is 96.9 Å². The van der Waals surface area contributed by atoms with Gasteiger partial charge in [-0.05, 0) is 43.4 Å². The van der Waals surface area contributed by atoms with Crippen molar-refractivity contribution in [1.82, 2.24) is 0 Å². The van der Waals surface area contributed by atoms with Crippen molar-refractivity contribution in [1.29, 1.82) is 0 Å². The number of hydrogen-bond donors (Lipinski definition) is 2. The molecule has 0 heterocycles. The smallest absolute Gasteiger partial charge is 0.115 e. The molecule has 1 aliphatic carbocycles. The molecule has 88 valence electrons. The molecule has 2 rings (SSSR count). The van der Waals surface area contributed by atoms with Crippen LogP contribution in [0.15, 0.2) is 24.3 Å². The molecule has 16 heavy (non-hydrogen) atoms. The molecule has 0 saturated heterocycles. The molecule has 1 aliphatic rings. The summed E-state index contributed by atoms with van der Waals surface area (Å²) >= 11 is 0. The Morgan fingerprint density at radius 3 is 2.56 bits per heavy atom. The number of aliphatic hydroxyl groups is 1. The van der Waals surface area contributed by atoms with E-state index in [4.69, 9.17) is 0 Å². The maximum atomic E-state index is 10.3. The second-order valence-corrected chi connectivity index (χ2v) is 4.95. The van der Waals surface area contributed by atoms with Gasteiger partial charge in [0.25, 0.3) is 0 Å². The van der Waals surface area contributed by atoms with E-state index in [1.165, 1.54) is 6.42 Å². The Morgan fingerprint density at radius 1 is 1.12 bits per heavy atom. The van der Waals surface area contributed by atoms with Gasteiger partial charge in [0.1, 0.15) is 5.75 Å². The van der Waals surface area contributed by atoms with Crippen LogP contribution in [0, 0.1) is 0 Å². The van der Waals surface area contributed by atoms with E-state index in [0.29, 0.717) is 5.75 Å². The second kappa shape index (κ2) is 4.88. The minimum atomic E-state index is -0.455. The Balaban J connectivity index is 1.91. The van der Waals surface area contributed by atoms with E-state index in [2.05, 4.69) is 0 Å². The van der Waals surface area contributed by atoms with Gasteiger partial charge in [0.2, 0.25) is 0 Å². The summed E-state index contributed by atoms with van der Waals surface area (Å²) in [5.74, 6) is 0.313. The summed E-state index contributed by atoms with van der Waals surface area (Å²) in [5, 5.41) is 19.7. The molecule has 2 nitrogen and oxygen atoms in total. The summed E-state index contributed by atoms with van der Waals surface area (Å²) < 4.78 is 0. The van der Waals surface area contributed by atoms with Crippen molar-refractivity contribution in [2.24, 2.45) is 0 Å². The average molecular weight is 220 g/mol. The van der Waals surface area contributed by atoms with Crippen molar-refractivity contribution in [2.45, 2.75) is 50.5 Å². The molecule has 0 aromatic heterocycles. The second-order valence-electron chi connectivity index (χ2n) is 4.95. The first-order valence-electron chi connectivity index (χ1n) is 6.18. The quantitative estimate of drug-likeness (QED) is 0.822. The Morgan fingerprint density at radius 2 is 1.88 bits per heavy atom. The summed E-state index contributed by atoms with van der Waals surface area (Å²) in [4.78, 5) is 0. The average Bonchev–Trinajstić information content (AvgIpc) is 2.28. The Kier molecular flexibility index (Phi) is 3.49. The summed E-state index contributed by atoms with van der Waals surface area (Å²) in [6.07, 6.45) is 7.10. The fourth-order valence-electron chi connectivity index (χ4n) is 2.55. The van der Waals surface area contributed by atoms with Crippen LogP contribution in [-0.4, -0.2) is 15.8 Å². The molecule has 0 bridgehead atoms. The topological polar surface area (TPSA) is 40.5 Å². The molecule has 1 saturated carbocycles. The van der Waals surface area contributed by atoms with Gasteiger partial charge in [-0.2, -0.15) is 0 Å². The first kappa shape index (κ1) is 11.5. The van der Waals surface area contributed by atoms with Gasteiger partial charge in [0, 0.05) is 0 Å². The van der Waals surface area contributed by atoms with Crippen LogP contribution >= 0.6 is 0 Å². The lowest BCUT2D eigenvalue weighted by atomic mass is 9.81. The lowest BCUT2D eigenvalue weighted by Gasteiger charge is -2.32. The van der Waals surface area contributed by atoms with Crippen LogP contribution in [0.5, 0.6) is 5.75 Å². The van der Waals surface area contributed by atoms with Crippen LogP contribution in [0.25, 0.3) is 0 Å². The van der Waals surface area contributed by atoms with Crippen LogP contribution in [0.1, 0.15) is 44.1 Å². The van der Waals surface area contributed by atoms with Crippen LogP contribution in [-0.2, 0) is 6.42 Å². The van der Waals surface area contributed by atoms with Crippen molar-refractivity contribution in [3.8, 4) is 5.75 Å². The highest BCUT2D eigenvalue weighted by Gasteiger charge is 2.28. The monoisotopic (exact) mass is 220 g/mol. The van der Waals surface area contributed by atoms with E-state index in [9.17, 15) is 10.2 Å². The number of hydrogen-bond acceptors (Lipinski definition) is 2. The molecule has 0 atom stereocenters. The van der Waals surface area contributed by atoms with Gasteiger partial charge < -0.3 is 10.2 Å². The van der Waals surface area contributed by atoms with Crippen molar-refractivity contribution in [3.05, 3.63) is 29.8 Å². The van der Waals surface area contributed by atoms with Gasteiger partial charge in [-0.1, -0.05) is 31.4 Å². The largest absolute Gasteiger partial charge is 0.508 e. The number of aryl methyl sites for hydroxylation is 1. The van der Waals surface area contributed by atoms with Gasteiger partial charge in [-0.3, -0.25) is 0 Å². The minimum Gasteiger partial charge on any atom is -0.508 e. The van der Waals surface area contributed by atoms with Crippen molar-refractivity contribution in [3.63, 3.8) is 0 Å². The van der Waals surface area contributed by atoms with E-state index in [1.54, 1.807) is 12.1 Å². The van der Waals surface area contributed by atoms with Crippen LogP contribution in [0.4, 0.5) is 0 Å². The van der Waals surface area contributed by atoms with Gasteiger partial charge in [0.15, 0.2) is 0 Å². The number of aromatic hydroxyl groups is 1. The molecule has 1 fully saturated rings.